The molecule has 0 unspecified atom stereocenters. The average Bonchev–Trinajstić information content (AvgIpc) is 2.27. The van der Waals surface area contributed by atoms with Crippen LogP contribution in [0, 0.1) is 0 Å². The fourth-order valence-electron chi connectivity index (χ4n) is 0.901. The van der Waals surface area contributed by atoms with Crippen LogP contribution in [0.2, 0.25) is 0 Å². The minimum atomic E-state index is -4.80. The molecule has 0 aromatic rings. The highest BCUT2D eigenvalue weighted by Gasteiger charge is 2.53. The van der Waals surface area contributed by atoms with Crippen molar-refractivity contribution in [2.75, 3.05) is 0 Å². The molecule has 0 radical (unpaired) electrons. The molecule has 7 heteroatoms. The molecule has 0 saturated carbocycles. The molecule has 1 aliphatic carbocycles. The van der Waals surface area contributed by atoms with Gasteiger partial charge in [-0.2, -0.15) is 8.78 Å². The Morgan fingerprint density at radius 3 is 1.86 bits per heavy atom. The number of rotatable bonds is 1. The Hall–Kier alpha value is -1.27. The third-order valence-electron chi connectivity index (χ3n) is 1.53. The van der Waals surface area contributed by atoms with Gasteiger partial charge in [0.2, 0.25) is 5.83 Å². The highest BCUT2D eigenvalue weighted by atomic mass is 19.3. The van der Waals surface area contributed by atoms with Gasteiger partial charge in [-0.3, -0.25) is 0 Å². The Kier molecular flexibility index (Phi) is 2.43. The van der Waals surface area contributed by atoms with Crippen LogP contribution in [-0.4, -0.2) is 5.92 Å². The van der Waals surface area contributed by atoms with Crippen molar-refractivity contribution in [3.63, 3.8) is 0 Å². The van der Waals surface area contributed by atoms with E-state index in [1.807, 2.05) is 0 Å². The van der Waals surface area contributed by atoms with E-state index in [1.165, 1.54) is 0 Å². The molecule has 0 aromatic heterocycles. The van der Waals surface area contributed by atoms with Crippen LogP contribution in [0.3, 0.4) is 0 Å². The van der Waals surface area contributed by atoms with Crippen molar-refractivity contribution in [1.29, 1.82) is 0 Å². The van der Waals surface area contributed by atoms with Gasteiger partial charge in [0.25, 0.3) is 0 Å². The lowest BCUT2D eigenvalue weighted by Gasteiger charge is -2.10. The Bertz CT molecular complexity index is 360. The molecule has 0 N–H and O–H groups in total. The van der Waals surface area contributed by atoms with Crippen molar-refractivity contribution in [1.82, 2.24) is 0 Å². The van der Waals surface area contributed by atoms with Crippen LogP contribution in [0.4, 0.5) is 30.7 Å². The summed E-state index contributed by atoms with van der Waals surface area (Å²) in [6.45, 7) is 0. The molecular formula is C7HF7. The van der Waals surface area contributed by atoms with Gasteiger partial charge in [-0.15, -0.1) is 0 Å². The molecule has 1 aliphatic rings. The van der Waals surface area contributed by atoms with Crippen molar-refractivity contribution in [3.05, 3.63) is 35.2 Å². The maximum absolute atomic E-state index is 12.5. The fraction of sp³-hybridized carbons (Fsp3) is 0.143. The molecule has 0 bridgehead atoms. The van der Waals surface area contributed by atoms with Gasteiger partial charge in [-0.05, 0) is 0 Å². The summed E-state index contributed by atoms with van der Waals surface area (Å²) in [5.41, 5.74) is -2.27. The summed E-state index contributed by atoms with van der Waals surface area (Å²) in [5, 5.41) is 0. The Labute approximate surface area is 73.0 Å². The largest absolute Gasteiger partial charge is 0.332 e. The fourth-order valence-corrected chi connectivity index (χ4v) is 0.901. The molecule has 0 saturated heterocycles. The first-order valence-corrected chi connectivity index (χ1v) is 3.14. The topological polar surface area (TPSA) is 0 Å². The van der Waals surface area contributed by atoms with E-state index in [0.717, 1.165) is 0 Å². The maximum atomic E-state index is 12.5. The molecular weight excluding hydrogens is 217 g/mol. The zero-order valence-corrected chi connectivity index (χ0v) is 6.22. The van der Waals surface area contributed by atoms with E-state index in [4.69, 9.17) is 0 Å². The predicted molar refractivity (Wildman–Crippen MR) is 32.6 cm³/mol. The monoisotopic (exact) mass is 218 g/mol. The van der Waals surface area contributed by atoms with Crippen LogP contribution in [0.15, 0.2) is 35.2 Å². The molecule has 0 aliphatic heterocycles. The normalized spacial score (nSPS) is 22.4. The maximum Gasteiger partial charge on any atom is 0.332 e. The first-order valence-electron chi connectivity index (χ1n) is 3.14. The molecule has 0 spiro atoms. The number of allylic oxidation sites excluding steroid dienone is 5. The van der Waals surface area contributed by atoms with Crippen molar-refractivity contribution in [2.24, 2.45) is 0 Å². The zero-order valence-electron chi connectivity index (χ0n) is 6.22. The van der Waals surface area contributed by atoms with Gasteiger partial charge >= 0.3 is 5.92 Å². The quantitative estimate of drug-likeness (QED) is 0.587. The van der Waals surface area contributed by atoms with E-state index in [1.54, 1.807) is 0 Å². The van der Waals surface area contributed by atoms with E-state index < -0.39 is 41.1 Å². The van der Waals surface area contributed by atoms with Crippen LogP contribution < -0.4 is 0 Å². The van der Waals surface area contributed by atoms with Crippen LogP contribution in [0.1, 0.15) is 0 Å². The second kappa shape index (κ2) is 3.14. The minimum absolute atomic E-state index is 1.01. The van der Waals surface area contributed by atoms with Crippen molar-refractivity contribution in [2.45, 2.75) is 5.92 Å². The van der Waals surface area contributed by atoms with Crippen LogP contribution in [0.25, 0.3) is 0 Å². The van der Waals surface area contributed by atoms with E-state index in [9.17, 15) is 30.7 Å². The van der Waals surface area contributed by atoms with Crippen LogP contribution >= 0.6 is 0 Å². The molecule has 0 aromatic carbocycles. The lowest BCUT2D eigenvalue weighted by atomic mass is 10.1. The van der Waals surface area contributed by atoms with E-state index in [-0.39, 0.29) is 0 Å². The molecule has 0 fully saturated rings. The third-order valence-corrected chi connectivity index (χ3v) is 1.53. The van der Waals surface area contributed by atoms with Gasteiger partial charge in [0.15, 0.2) is 17.5 Å². The first-order chi connectivity index (χ1) is 6.34. The van der Waals surface area contributed by atoms with Crippen molar-refractivity contribution in [3.8, 4) is 0 Å². The lowest BCUT2D eigenvalue weighted by molar-refractivity contribution is 0.0582. The van der Waals surface area contributed by atoms with Gasteiger partial charge < -0.3 is 0 Å². The summed E-state index contributed by atoms with van der Waals surface area (Å²) in [4.78, 5) is 0. The van der Waals surface area contributed by atoms with E-state index in [0.29, 0.717) is 0 Å². The highest BCUT2D eigenvalue weighted by Crippen LogP contribution is 2.49. The summed E-state index contributed by atoms with van der Waals surface area (Å²) in [7, 11) is 0. The van der Waals surface area contributed by atoms with Gasteiger partial charge in [0, 0.05) is 0 Å². The standard InChI is InChI=1S/C7HF7/c8-1-2(9)3-4(10)5(11)6(12)7(3,13)14/h1H/b2-1+. The molecule has 1 rings (SSSR count). The molecule has 0 heterocycles. The molecule has 0 amide bonds. The first kappa shape index (κ1) is 10.8. The van der Waals surface area contributed by atoms with E-state index >= 15 is 0 Å². The summed E-state index contributed by atoms with van der Waals surface area (Å²) in [6, 6.07) is 0. The SMILES string of the molecule is F/C=C(/F)C1=C(F)C(F)=C(F)C1(F)F. The lowest BCUT2D eigenvalue weighted by Crippen LogP contribution is -2.18. The average molecular weight is 218 g/mol. The molecule has 14 heavy (non-hydrogen) atoms. The van der Waals surface area contributed by atoms with Crippen molar-refractivity contribution >= 4 is 0 Å². The summed E-state index contributed by atoms with van der Waals surface area (Å²) >= 11 is 0. The number of halogens is 7. The predicted octanol–water partition coefficient (Wildman–Crippen LogP) is 3.79. The van der Waals surface area contributed by atoms with Crippen LogP contribution in [0.5, 0.6) is 0 Å². The summed E-state index contributed by atoms with van der Waals surface area (Å²) in [6.07, 6.45) is -1.01. The summed E-state index contributed by atoms with van der Waals surface area (Å²) < 4.78 is 85.7. The van der Waals surface area contributed by atoms with Crippen molar-refractivity contribution < 1.29 is 30.7 Å². The third kappa shape index (κ3) is 1.23. The Morgan fingerprint density at radius 2 is 1.57 bits per heavy atom. The minimum Gasteiger partial charge on any atom is -0.212 e. The van der Waals surface area contributed by atoms with Crippen LogP contribution in [-0.2, 0) is 0 Å². The highest BCUT2D eigenvalue weighted by molar-refractivity contribution is 5.52. The second-order valence-corrected chi connectivity index (χ2v) is 2.35. The number of hydrogen-bond donors (Lipinski definition) is 0. The number of hydrogen-bond acceptors (Lipinski definition) is 0. The van der Waals surface area contributed by atoms with Gasteiger partial charge in [0.05, 0.1) is 0 Å². The number of alkyl halides is 2. The van der Waals surface area contributed by atoms with Gasteiger partial charge in [-0.1, -0.05) is 0 Å². The zero-order chi connectivity index (χ0) is 11.1. The molecule has 0 atom stereocenters. The second-order valence-electron chi connectivity index (χ2n) is 2.35. The summed E-state index contributed by atoms with van der Waals surface area (Å²) in [5.74, 6) is -14.9. The van der Waals surface area contributed by atoms with Gasteiger partial charge in [-0.25, -0.2) is 22.0 Å². The van der Waals surface area contributed by atoms with Gasteiger partial charge in [0.1, 0.15) is 11.9 Å². The molecule has 0 nitrogen and oxygen atoms in total. The van der Waals surface area contributed by atoms with E-state index in [2.05, 4.69) is 0 Å². The Morgan fingerprint density at radius 1 is 1.07 bits per heavy atom. The molecule has 78 valence electrons. The Balaban J connectivity index is 3.37. The smallest absolute Gasteiger partial charge is 0.212 e.